The molecule has 0 bridgehead atoms. The lowest BCUT2D eigenvalue weighted by atomic mass is 10.2. The molecule has 8 nitrogen and oxygen atoms in total. The van der Waals surface area contributed by atoms with Gasteiger partial charge in [-0.05, 0) is 74.9 Å². The van der Waals surface area contributed by atoms with Gasteiger partial charge < -0.3 is 19.7 Å². The number of benzene rings is 2. The van der Waals surface area contributed by atoms with E-state index in [2.05, 4.69) is 34.3 Å². The van der Waals surface area contributed by atoms with E-state index in [4.69, 9.17) is 19.7 Å². The highest BCUT2D eigenvalue weighted by atomic mass is 16.6. The van der Waals surface area contributed by atoms with Crippen LogP contribution in [0.1, 0.15) is 25.0 Å². The lowest BCUT2D eigenvalue weighted by Gasteiger charge is -2.05. The van der Waals surface area contributed by atoms with Crippen LogP contribution in [0.3, 0.4) is 0 Å². The molecule has 0 saturated heterocycles. The largest absolute Gasteiger partial charge is 0.450 e. The molecule has 8 heteroatoms. The second kappa shape index (κ2) is 19.7. The summed E-state index contributed by atoms with van der Waals surface area (Å²) in [6.45, 7) is 7.90. The summed E-state index contributed by atoms with van der Waals surface area (Å²) in [5.41, 5.74) is 3.74. The number of amides is 2. The number of aryl methyl sites for hydroxylation is 2. The molecule has 0 aliphatic carbocycles. The van der Waals surface area contributed by atoms with E-state index < -0.39 is 12.2 Å². The maximum absolute atomic E-state index is 11.0. The zero-order chi connectivity index (χ0) is 25.6. The first-order valence-corrected chi connectivity index (χ1v) is 10.5. The summed E-state index contributed by atoms with van der Waals surface area (Å²) in [4.78, 5) is 22.0. The summed E-state index contributed by atoms with van der Waals surface area (Å²) in [6, 6.07) is 15.1. The van der Waals surface area contributed by atoms with Crippen LogP contribution in [0.5, 0.6) is 0 Å². The molecular weight excluding hydrogens is 436 g/mol. The average molecular weight is 469 g/mol. The molecule has 34 heavy (non-hydrogen) atoms. The van der Waals surface area contributed by atoms with Crippen molar-refractivity contribution in [1.29, 1.82) is 0 Å². The van der Waals surface area contributed by atoms with Crippen LogP contribution < -0.4 is 10.6 Å². The van der Waals surface area contributed by atoms with Gasteiger partial charge in [-0.2, -0.15) is 0 Å². The molecular formula is C26H32N2O6. The number of anilines is 2. The van der Waals surface area contributed by atoms with Gasteiger partial charge in [0, 0.05) is 11.4 Å². The average Bonchev–Trinajstić information content (AvgIpc) is 2.78. The number of nitrogens with one attached hydrogen (secondary N) is 2. The fraction of sp³-hybridized carbons (Fsp3) is 0.308. The van der Waals surface area contributed by atoms with Crippen LogP contribution in [-0.4, -0.2) is 48.8 Å². The number of carbonyl (C=O) groups is 2. The van der Waals surface area contributed by atoms with Crippen LogP contribution in [0, 0.1) is 37.5 Å². The molecule has 0 aliphatic rings. The normalized spacial score (nSPS) is 8.53. The molecule has 2 rings (SSSR count). The van der Waals surface area contributed by atoms with Crippen LogP contribution in [0.25, 0.3) is 0 Å². The molecule has 2 aromatic rings. The minimum atomic E-state index is -0.409. The van der Waals surface area contributed by atoms with Gasteiger partial charge in [-0.25, -0.2) is 9.59 Å². The van der Waals surface area contributed by atoms with Gasteiger partial charge in [-0.15, -0.1) is 0 Å². The molecule has 0 spiro atoms. The van der Waals surface area contributed by atoms with Crippen molar-refractivity contribution in [3.8, 4) is 23.7 Å². The van der Waals surface area contributed by atoms with E-state index in [1.54, 1.807) is 13.8 Å². The van der Waals surface area contributed by atoms with Crippen molar-refractivity contribution in [2.24, 2.45) is 0 Å². The van der Waals surface area contributed by atoms with Crippen LogP contribution in [-0.2, 0) is 9.47 Å². The predicted octanol–water partition coefficient (Wildman–Crippen LogP) is 4.10. The Kier molecular flexibility index (Phi) is 17.4. The number of aliphatic hydroxyl groups excluding tert-OH is 2. The Morgan fingerprint density at radius 2 is 1.15 bits per heavy atom. The molecule has 0 saturated carbocycles. The van der Waals surface area contributed by atoms with Crippen LogP contribution in [0.15, 0.2) is 48.5 Å². The second-order valence-corrected chi connectivity index (χ2v) is 6.35. The summed E-state index contributed by atoms with van der Waals surface area (Å²) >= 11 is 0. The molecule has 0 unspecified atom stereocenters. The van der Waals surface area contributed by atoms with E-state index in [9.17, 15) is 9.59 Å². The lowest BCUT2D eigenvalue weighted by Crippen LogP contribution is -2.13. The van der Waals surface area contributed by atoms with Crippen molar-refractivity contribution in [2.45, 2.75) is 27.7 Å². The Morgan fingerprint density at radius 1 is 0.765 bits per heavy atom. The smallest absolute Gasteiger partial charge is 0.411 e. The van der Waals surface area contributed by atoms with Gasteiger partial charge in [-0.3, -0.25) is 10.6 Å². The molecule has 0 heterocycles. The van der Waals surface area contributed by atoms with Gasteiger partial charge in [-0.1, -0.05) is 36.1 Å². The minimum absolute atomic E-state index is 0.180. The fourth-order valence-corrected chi connectivity index (χ4v) is 2.18. The van der Waals surface area contributed by atoms with E-state index in [1.807, 2.05) is 62.4 Å². The lowest BCUT2D eigenvalue weighted by molar-refractivity contribution is 0.167. The van der Waals surface area contributed by atoms with Crippen molar-refractivity contribution in [2.75, 3.05) is 37.1 Å². The van der Waals surface area contributed by atoms with Crippen molar-refractivity contribution >= 4 is 23.6 Å². The molecule has 0 radical (unpaired) electrons. The van der Waals surface area contributed by atoms with E-state index >= 15 is 0 Å². The molecule has 0 atom stereocenters. The summed E-state index contributed by atoms with van der Waals surface area (Å²) in [7, 11) is 0. The van der Waals surface area contributed by atoms with E-state index in [0.717, 1.165) is 22.5 Å². The standard InChI is InChI=1S/2C10H13NO2.C6H6O2/c2*1-3-13-10(12)11-9-6-4-5-8(2)7-9;7-5-3-1-2-4-6-8/h2*4-7H,3H2,1-2H3,(H,11,12);7-8H,5-6H2. The topological polar surface area (TPSA) is 117 Å². The van der Waals surface area contributed by atoms with Gasteiger partial charge >= 0.3 is 12.2 Å². The second-order valence-electron chi connectivity index (χ2n) is 6.35. The molecule has 0 aliphatic heterocycles. The Morgan fingerprint density at radius 3 is 1.44 bits per heavy atom. The quantitative estimate of drug-likeness (QED) is 0.502. The van der Waals surface area contributed by atoms with E-state index in [-0.39, 0.29) is 13.2 Å². The molecule has 2 aromatic carbocycles. The Hall–Kier alpha value is -3.98. The first-order valence-electron chi connectivity index (χ1n) is 10.5. The number of aliphatic hydroxyl groups is 2. The van der Waals surface area contributed by atoms with Crippen LogP contribution in [0.2, 0.25) is 0 Å². The Labute approximate surface area is 201 Å². The first-order chi connectivity index (χ1) is 16.4. The third-order valence-corrected chi connectivity index (χ3v) is 3.48. The zero-order valence-electron chi connectivity index (χ0n) is 20.0. The monoisotopic (exact) mass is 468 g/mol. The van der Waals surface area contributed by atoms with Gasteiger partial charge in [0.25, 0.3) is 0 Å². The number of carbonyl (C=O) groups excluding carboxylic acids is 2. The Balaban J connectivity index is 0.000000497. The highest BCUT2D eigenvalue weighted by Gasteiger charge is 2.01. The Bertz CT molecular complexity index is 918. The first kappa shape index (κ1) is 30.0. The predicted molar refractivity (Wildman–Crippen MR) is 133 cm³/mol. The SMILES string of the molecule is CCOC(=O)Nc1cccc(C)c1.CCOC(=O)Nc1cccc(C)c1.OCC#CC#CCO. The summed E-state index contributed by atoms with van der Waals surface area (Å²) in [6.07, 6.45) is -0.818. The molecule has 4 N–H and O–H groups in total. The van der Waals surface area contributed by atoms with Crippen molar-refractivity contribution in [3.63, 3.8) is 0 Å². The maximum atomic E-state index is 11.0. The third-order valence-electron chi connectivity index (χ3n) is 3.48. The number of hydrogen-bond donors (Lipinski definition) is 4. The van der Waals surface area contributed by atoms with Crippen LogP contribution in [0.4, 0.5) is 21.0 Å². The van der Waals surface area contributed by atoms with Crippen molar-refractivity contribution < 1.29 is 29.3 Å². The molecule has 182 valence electrons. The molecule has 0 aromatic heterocycles. The van der Waals surface area contributed by atoms with Gasteiger partial charge in [0.05, 0.1) is 13.2 Å². The third kappa shape index (κ3) is 16.7. The summed E-state index contributed by atoms with van der Waals surface area (Å²) in [5.74, 6) is 9.24. The van der Waals surface area contributed by atoms with Gasteiger partial charge in [0.15, 0.2) is 0 Å². The van der Waals surface area contributed by atoms with E-state index in [1.165, 1.54) is 0 Å². The van der Waals surface area contributed by atoms with Gasteiger partial charge in [0.2, 0.25) is 0 Å². The summed E-state index contributed by atoms with van der Waals surface area (Å²) in [5, 5.41) is 21.4. The fourth-order valence-electron chi connectivity index (χ4n) is 2.18. The number of rotatable bonds is 4. The maximum Gasteiger partial charge on any atom is 0.411 e. The minimum Gasteiger partial charge on any atom is -0.450 e. The van der Waals surface area contributed by atoms with Crippen molar-refractivity contribution in [3.05, 3.63) is 59.7 Å². The molecule has 2 amide bonds. The summed E-state index contributed by atoms with van der Waals surface area (Å²) < 4.78 is 9.47. The molecule has 0 fully saturated rings. The zero-order valence-corrected chi connectivity index (χ0v) is 20.0. The number of ether oxygens (including phenoxy) is 2. The van der Waals surface area contributed by atoms with Crippen molar-refractivity contribution in [1.82, 2.24) is 0 Å². The van der Waals surface area contributed by atoms with Gasteiger partial charge in [0.1, 0.15) is 13.2 Å². The highest BCUT2D eigenvalue weighted by molar-refractivity contribution is 5.85. The van der Waals surface area contributed by atoms with E-state index in [0.29, 0.717) is 13.2 Å². The van der Waals surface area contributed by atoms with Crippen LogP contribution >= 0.6 is 0 Å². The highest BCUT2D eigenvalue weighted by Crippen LogP contribution is 2.10. The number of hydrogen-bond acceptors (Lipinski definition) is 6.